The summed E-state index contributed by atoms with van der Waals surface area (Å²) in [5.41, 5.74) is -1.09. The van der Waals surface area contributed by atoms with E-state index in [1.54, 1.807) is 30.3 Å². The van der Waals surface area contributed by atoms with Crippen LogP contribution in [0.5, 0.6) is 0 Å². The summed E-state index contributed by atoms with van der Waals surface area (Å²) >= 11 is 0. The van der Waals surface area contributed by atoms with Crippen LogP contribution in [-0.2, 0) is 0 Å². The molecular weight excluding hydrogens is 236 g/mol. The second kappa shape index (κ2) is 4.62. The smallest absolute Gasteiger partial charge is 0.341 e. The van der Waals surface area contributed by atoms with Gasteiger partial charge in [0, 0.05) is 5.56 Å². The van der Waals surface area contributed by atoms with Crippen molar-refractivity contribution in [3.8, 4) is 0 Å². The summed E-state index contributed by atoms with van der Waals surface area (Å²) in [6.07, 6.45) is 0. The summed E-state index contributed by atoms with van der Waals surface area (Å²) in [6.45, 7) is 0. The molecule has 0 fully saturated rings. The van der Waals surface area contributed by atoms with Gasteiger partial charge in [0.15, 0.2) is 0 Å². The third-order valence-corrected chi connectivity index (χ3v) is 2.30. The Hall–Kier alpha value is -2.76. The lowest BCUT2D eigenvalue weighted by Gasteiger charge is -2.00. The Morgan fingerprint density at radius 2 is 1.83 bits per heavy atom. The molecule has 0 radical (unpaired) electrons. The topological polar surface area (TPSA) is 100 Å². The molecule has 0 aliphatic rings. The average molecular weight is 244 g/mol. The predicted molar refractivity (Wildman–Crippen MR) is 61.7 cm³/mol. The number of carbonyl (C=O) groups excluding carboxylic acids is 1. The molecule has 90 valence electrons. The number of rotatable bonds is 3. The van der Waals surface area contributed by atoms with E-state index in [4.69, 9.17) is 5.11 Å². The number of hydrogen-bond acceptors (Lipinski definition) is 4. The maximum absolute atomic E-state index is 12.0. The lowest BCUT2D eigenvalue weighted by Crippen LogP contribution is -2.21. The zero-order valence-corrected chi connectivity index (χ0v) is 9.08. The molecule has 0 bridgehead atoms. The van der Waals surface area contributed by atoms with E-state index >= 15 is 0 Å². The molecule has 0 atom stereocenters. The van der Waals surface area contributed by atoms with Crippen molar-refractivity contribution in [1.29, 1.82) is 0 Å². The van der Waals surface area contributed by atoms with Crippen LogP contribution >= 0.6 is 0 Å². The summed E-state index contributed by atoms with van der Waals surface area (Å²) in [5.74, 6) is -1.85. The third-order valence-electron chi connectivity index (χ3n) is 2.30. The standard InChI is InChI=1S/C12H8N2O4/c15-10(7-4-2-1-3-5-7)9-6-8(12(17)18)11(16)14-13-9/h1-6H,(H,14,16)(H,17,18). The Kier molecular flexibility index (Phi) is 3.01. The van der Waals surface area contributed by atoms with Crippen molar-refractivity contribution < 1.29 is 14.7 Å². The number of benzene rings is 1. The molecule has 6 nitrogen and oxygen atoms in total. The van der Waals surface area contributed by atoms with E-state index in [0.717, 1.165) is 6.07 Å². The van der Waals surface area contributed by atoms with Crippen LogP contribution in [0, 0.1) is 0 Å². The van der Waals surface area contributed by atoms with E-state index < -0.39 is 22.9 Å². The van der Waals surface area contributed by atoms with Crippen molar-refractivity contribution in [1.82, 2.24) is 10.2 Å². The molecule has 2 rings (SSSR count). The van der Waals surface area contributed by atoms with Gasteiger partial charge in [-0.15, -0.1) is 0 Å². The van der Waals surface area contributed by atoms with Crippen LogP contribution in [0.3, 0.4) is 0 Å². The maximum Gasteiger partial charge on any atom is 0.341 e. The van der Waals surface area contributed by atoms with Gasteiger partial charge >= 0.3 is 5.97 Å². The number of H-pyrrole nitrogens is 1. The van der Waals surface area contributed by atoms with Gasteiger partial charge in [-0.05, 0) is 6.07 Å². The molecule has 0 aliphatic heterocycles. The van der Waals surface area contributed by atoms with Crippen LogP contribution in [0.1, 0.15) is 26.4 Å². The number of hydrogen-bond donors (Lipinski definition) is 2. The second-order valence-electron chi connectivity index (χ2n) is 3.50. The Balaban J connectivity index is 2.47. The summed E-state index contributed by atoms with van der Waals surface area (Å²) in [5, 5.41) is 14.3. The summed E-state index contributed by atoms with van der Waals surface area (Å²) in [4.78, 5) is 33.9. The molecule has 1 aromatic heterocycles. The molecule has 0 spiro atoms. The number of nitrogens with zero attached hydrogens (tertiary/aromatic N) is 1. The van der Waals surface area contributed by atoms with Crippen molar-refractivity contribution in [3.63, 3.8) is 0 Å². The molecule has 0 unspecified atom stereocenters. The Labute approximate surface area is 101 Å². The van der Waals surface area contributed by atoms with Crippen LogP contribution in [0.25, 0.3) is 0 Å². The van der Waals surface area contributed by atoms with Gasteiger partial charge in [-0.2, -0.15) is 5.10 Å². The van der Waals surface area contributed by atoms with Crippen molar-refractivity contribution in [2.75, 3.05) is 0 Å². The number of nitrogens with one attached hydrogen (secondary N) is 1. The summed E-state index contributed by atoms with van der Waals surface area (Å²) in [6, 6.07) is 9.23. The fourth-order valence-corrected chi connectivity index (χ4v) is 1.42. The van der Waals surface area contributed by atoms with E-state index in [2.05, 4.69) is 5.10 Å². The monoisotopic (exact) mass is 244 g/mol. The van der Waals surface area contributed by atoms with E-state index in [0.29, 0.717) is 5.56 Å². The first kappa shape index (κ1) is 11.7. The molecule has 1 heterocycles. The lowest BCUT2D eigenvalue weighted by molar-refractivity contribution is 0.0694. The van der Waals surface area contributed by atoms with Crippen LogP contribution in [0.15, 0.2) is 41.2 Å². The highest BCUT2D eigenvalue weighted by Crippen LogP contribution is 2.06. The molecular formula is C12H8N2O4. The van der Waals surface area contributed by atoms with E-state index in [9.17, 15) is 14.4 Å². The number of carboxylic acid groups (broad SMARTS) is 1. The highest BCUT2D eigenvalue weighted by atomic mass is 16.4. The fraction of sp³-hybridized carbons (Fsp3) is 0. The van der Waals surface area contributed by atoms with Gasteiger partial charge in [0.25, 0.3) is 5.56 Å². The highest BCUT2D eigenvalue weighted by molar-refractivity contribution is 6.08. The Morgan fingerprint density at radius 1 is 1.17 bits per heavy atom. The zero-order valence-electron chi connectivity index (χ0n) is 9.08. The molecule has 0 saturated heterocycles. The minimum absolute atomic E-state index is 0.113. The molecule has 6 heteroatoms. The SMILES string of the molecule is O=C(c1ccccc1)c1cc(C(=O)O)c(=O)[nH]n1. The molecule has 2 N–H and O–H groups in total. The fourth-order valence-electron chi connectivity index (χ4n) is 1.42. The first-order chi connectivity index (χ1) is 8.59. The maximum atomic E-state index is 12.0. The van der Waals surface area contributed by atoms with Gasteiger partial charge in [0.05, 0.1) is 0 Å². The summed E-state index contributed by atoms with van der Waals surface area (Å²) < 4.78 is 0. The normalized spacial score (nSPS) is 10.0. The van der Waals surface area contributed by atoms with Crippen molar-refractivity contribution in [3.05, 3.63) is 63.6 Å². The van der Waals surface area contributed by atoms with Gasteiger partial charge in [-0.3, -0.25) is 9.59 Å². The molecule has 0 aliphatic carbocycles. The van der Waals surface area contributed by atoms with Gasteiger partial charge in [-0.25, -0.2) is 9.89 Å². The third kappa shape index (κ3) is 2.17. The molecule has 2 aromatic rings. The molecule has 18 heavy (non-hydrogen) atoms. The largest absolute Gasteiger partial charge is 0.477 e. The number of aromatic amines is 1. The van der Waals surface area contributed by atoms with Gasteiger partial charge in [0.1, 0.15) is 11.3 Å². The van der Waals surface area contributed by atoms with E-state index in [-0.39, 0.29) is 5.69 Å². The molecule has 0 amide bonds. The number of aromatic carboxylic acids is 1. The van der Waals surface area contributed by atoms with E-state index in [1.165, 1.54) is 0 Å². The Morgan fingerprint density at radius 3 is 2.44 bits per heavy atom. The molecule has 0 saturated carbocycles. The van der Waals surface area contributed by atoms with Crippen LogP contribution in [-0.4, -0.2) is 27.1 Å². The van der Waals surface area contributed by atoms with Gasteiger partial charge < -0.3 is 5.11 Å². The summed E-state index contributed by atoms with van der Waals surface area (Å²) in [7, 11) is 0. The zero-order chi connectivity index (χ0) is 13.1. The first-order valence-corrected chi connectivity index (χ1v) is 5.02. The van der Waals surface area contributed by atoms with Crippen molar-refractivity contribution in [2.24, 2.45) is 0 Å². The van der Waals surface area contributed by atoms with Crippen molar-refractivity contribution >= 4 is 11.8 Å². The Bertz CT molecular complexity index is 661. The van der Waals surface area contributed by atoms with Crippen LogP contribution < -0.4 is 5.56 Å². The van der Waals surface area contributed by atoms with E-state index in [1.807, 2.05) is 5.10 Å². The predicted octanol–water partition coefficient (Wildman–Crippen LogP) is 0.699. The minimum Gasteiger partial charge on any atom is -0.477 e. The first-order valence-electron chi connectivity index (χ1n) is 5.02. The van der Waals surface area contributed by atoms with Gasteiger partial charge in [-0.1, -0.05) is 30.3 Å². The number of carbonyl (C=O) groups is 2. The average Bonchev–Trinajstić information content (AvgIpc) is 2.39. The van der Waals surface area contributed by atoms with Gasteiger partial charge in [0.2, 0.25) is 5.78 Å². The minimum atomic E-state index is -1.40. The van der Waals surface area contributed by atoms with Crippen LogP contribution in [0.2, 0.25) is 0 Å². The highest BCUT2D eigenvalue weighted by Gasteiger charge is 2.16. The quantitative estimate of drug-likeness (QED) is 0.774. The number of carboxylic acids is 1. The van der Waals surface area contributed by atoms with Crippen LogP contribution in [0.4, 0.5) is 0 Å². The van der Waals surface area contributed by atoms with Crippen molar-refractivity contribution in [2.45, 2.75) is 0 Å². The second-order valence-corrected chi connectivity index (χ2v) is 3.50. The number of aromatic nitrogens is 2. The number of ketones is 1. The molecule has 1 aromatic carbocycles. The lowest BCUT2D eigenvalue weighted by atomic mass is 10.1.